The highest BCUT2D eigenvalue weighted by atomic mass is 19.1. The summed E-state index contributed by atoms with van der Waals surface area (Å²) in [4.78, 5) is 23.6. The summed E-state index contributed by atoms with van der Waals surface area (Å²) in [5.41, 5.74) is 5.86. The number of nitrogens with one attached hydrogen (secondary N) is 2. The van der Waals surface area contributed by atoms with Crippen LogP contribution < -0.4 is 16.4 Å². The molecule has 6 nitrogen and oxygen atoms in total. The Morgan fingerprint density at radius 3 is 2.50 bits per heavy atom. The fraction of sp³-hybridized carbons (Fsp3) is 0.467. The van der Waals surface area contributed by atoms with Crippen LogP contribution in [0.15, 0.2) is 24.3 Å². The van der Waals surface area contributed by atoms with Crippen LogP contribution in [0.4, 0.5) is 4.39 Å². The summed E-state index contributed by atoms with van der Waals surface area (Å²) in [6.07, 6.45) is 0.946. The van der Waals surface area contributed by atoms with E-state index >= 15 is 0 Å². The lowest BCUT2D eigenvalue weighted by molar-refractivity contribution is -0.131. The van der Waals surface area contributed by atoms with Crippen molar-refractivity contribution in [2.75, 3.05) is 19.6 Å². The third-order valence-electron chi connectivity index (χ3n) is 3.48. The van der Waals surface area contributed by atoms with Crippen molar-refractivity contribution in [3.05, 3.63) is 35.6 Å². The molecule has 1 heterocycles. The normalized spacial score (nSPS) is 20.6. The highest BCUT2D eigenvalue weighted by Gasteiger charge is 2.29. The fourth-order valence-corrected chi connectivity index (χ4v) is 2.25. The molecule has 7 heteroatoms. The molecule has 0 spiro atoms. The summed E-state index contributed by atoms with van der Waals surface area (Å²) < 4.78 is 18.2. The lowest BCUT2D eigenvalue weighted by atomic mass is 10.2. The Bertz CT molecular complexity index is 521. The SMILES string of the molecule is NC[C@H]1CC[C@@H](C(=O)NCCNC(=O)c2ccc(F)cc2)O1. The van der Waals surface area contributed by atoms with E-state index in [0.29, 0.717) is 25.1 Å². The van der Waals surface area contributed by atoms with Crippen LogP contribution in [0, 0.1) is 5.82 Å². The summed E-state index contributed by atoms with van der Waals surface area (Å²) in [5.74, 6) is -0.891. The van der Waals surface area contributed by atoms with Crippen LogP contribution in [0.3, 0.4) is 0 Å². The summed E-state index contributed by atoms with van der Waals surface area (Å²) in [6.45, 7) is 1.01. The molecular formula is C15H20FN3O3. The number of halogens is 1. The van der Waals surface area contributed by atoms with Crippen molar-refractivity contribution >= 4 is 11.8 Å². The Kier molecular flexibility index (Phi) is 5.85. The number of amides is 2. The summed E-state index contributed by atoms with van der Waals surface area (Å²) in [5, 5.41) is 5.35. The molecule has 2 atom stereocenters. The number of carbonyl (C=O) groups is 2. The zero-order valence-corrected chi connectivity index (χ0v) is 12.2. The monoisotopic (exact) mass is 309 g/mol. The van der Waals surface area contributed by atoms with Gasteiger partial charge in [0.1, 0.15) is 11.9 Å². The minimum absolute atomic E-state index is 0.0473. The van der Waals surface area contributed by atoms with Gasteiger partial charge in [0.15, 0.2) is 0 Å². The molecule has 0 unspecified atom stereocenters. The minimum Gasteiger partial charge on any atom is -0.364 e. The molecule has 0 saturated carbocycles. The van der Waals surface area contributed by atoms with Gasteiger partial charge in [0.25, 0.3) is 5.91 Å². The van der Waals surface area contributed by atoms with E-state index in [1.54, 1.807) is 0 Å². The number of rotatable bonds is 6. The molecule has 1 saturated heterocycles. The van der Waals surface area contributed by atoms with Gasteiger partial charge >= 0.3 is 0 Å². The number of hydrogen-bond acceptors (Lipinski definition) is 4. The molecule has 2 amide bonds. The van der Waals surface area contributed by atoms with Crippen molar-refractivity contribution in [3.8, 4) is 0 Å². The molecule has 4 N–H and O–H groups in total. The highest BCUT2D eigenvalue weighted by Crippen LogP contribution is 2.18. The molecule has 0 radical (unpaired) electrons. The Balaban J connectivity index is 1.65. The fourth-order valence-electron chi connectivity index (χ4n) is 2.25. The average molecular weight is 309 g/mol. The molecule has 22 heavy (non-hydrogen) atoms. The number of hydrogen-bond donors (Lipinski definition) is 3. The third-order valence-corrected chi connectivity index (χ3v) is 3.48. The first-order chi connectivity index (χ1) is 10.6. The van der Waals surface area contributed by atoms with Gasteiger partial charge in [-0.05, 0) is 37.1 Å². The van der Waals surface area contributed by atoms with Crippen molar-refractivity contribution < 1.29 is 18.7 Å². The quantitative estimate of drug-likeness (QED) is 0.653. The number of carbonyl (C=O) groups excluding carboxylic acids is 2. The average Bonchev–Trinajstić information content (AvgIpc) is 3.01. The maximum absolute atomic E-state index is 12.7. The zero-order chi connectivity index (χ0) is 15.9. The number of nitrogens with two attached hydrogens (primary N) is 1. The van der Waals surface area contributed by atoms with Crippen molar-refractivity contribution in [2.45, 2.75) is 25.0 Å². The van der Waals surface area contributed by atoms with Gasteiger partial charge < -0.3 is 21.1 Å². The van der Waals surface area contributed by atoms with E-state index in [2.05, 4.69) is 10.6 Å². The lowest BCUT2D eigenvalue weighted by Gasteiger charge is -2.13. The van der Waals surface area contributed by atoms with Gasteiger partial charge in [-0.25, -0.2) is 4.39 Å². The van der Waals surface area contributed by atoms with Gasteiger partial charge in [-0.15, -0.1) is 0 Å². The zero-order valence-electron chi connectivity index (χ0n) is 12.2. The van der Waals surface area contributed by atoms with Gasteiger partial charge in [-0.2, -0.15) is 0 Å². The van der Waals surface area contributed by atoms with Crippen LogP contribution in [0.25, 0.3) is 0 Å². The number of benzene rings is 1. The molecule has 0 aromatic heterocycles. The first-order valence-corrected chi connectivity index (χ1v) is 7.27. The topological polar surface area (TPSA) is 93.5 Å². The Morgan fingerprint density at radius 2 is 1.86 bits per heavy atom. The second kappa shape index (κ2) is 7.86. The second-order valence-electron chi connectivity index (χ2n) is 5.11. The molecule has 120 valence electrons. The van der Waals surface area contributed by atoms with Crippen LogP contribution >= 0.6 is 0 Å². The van der Waals surface area contributed by atoms with E-state index in [1.807, 2.05) is 0 Å². The van der Waals surface area contributed by atoms with E-state index in [9.17, 15) is 14.0 Å². The Labute approximate surface area is 128 Å². The van der Waals surface area contributed by atoms with Gasteiger partial charge in [-0.3, -0.25) is 9.59 Å². The molecular weight excluding hydrogens is 289 g/mol. The predicted molar refractivity (Wildman–Crippen MR) is 78.7 cm³/mol. The van der Waals surface area contributed by atoms with Gasteiger partial charge in [0, 0.05) is 25.2 Å². The van der Waals surface area contributed by atoms with Crippen molar-refractivity contribution in [2.24, 2.45) is 5.73 Å². The van der Waals surface area contributed by atoms with E-state index in [-0.39, 0.29) is 24.5 Å². The first-order valence-electron chi connectivity index (χ1n) is 7.27. The van der Waals surface area contributed by atoms with Crippen molar-refractivity contribution in [3.63, 3.8) is 0 Å². The summed E-state index contributed by atoms with van der Waals surface area (Å²) in [7, 11) is 0. The minimum atomic E-state index is -0.457. The molecule has 1 aromatic rings. The molecule has 1 aromatic carbocycles. The van der Waals surface area contributed by atoms with E-state index in [0.717, 1.165) is 6.42 Å². The molecule has 2 rings (SSSR count). The maximum atomic E-state index is 12.7. The Hall–Kier alpha value is -1.99. The van der Waals surface area contributed by atoms with E-state index < -0.39 is 11.9 Å². The van der Waals surface area contributed by atoms with Crippen LogP contribution in [0.2, 0.25) is 0 Å². The molecule has 1 fully saturated rings. The summed E-state index contributed by atoms with van der Waals surface area (Å²) in [6, 6.07) is 5.26. The van der Waals surface area contributed by atoms with Crippen LogP contribution in [-0.2, 0) is 9.53 Å². The van der Waals surface area contributed by atoms with Gasteiger partial charge in [-0.1, -0.05) is 0 Å². The van der Waals surface area contributed by atoms with Crippen molar-refractivity contribution in [1.82, 2.24) is 10.6 Å². The largest absolute Gasteiger partial charge is 0.364 e. The molecule has 0 aliphatic carbocycles. The highest BCUT2D eigenvalue weighted by molar-refractivity contribution is 5.94. The first kappa shape index (κ1) is 16.4. The lowest BCUT2D eigenvalue weighted by Crippen LogP contribution is -2.40. The smallest absolute Gasteiger partial charge is 0.251 e. The van der Waals surface area contributed by atoms with Crippen LogP contribution in [-0.4, -0.2) is 43.7 Å². The third kappa shape index (κ3) is 4.51. The predicted octanol–water partition coefficient (Wildman–Crippen LogP) is 0.178. The maximum Gasteiger partial charge on any atom is 0.251 e. The van der Waals surface area contributed by atoms with Crippen molar-refractivity contribution in [1.29, 1.82) is 0 Å². The standard InChI is InChI=1S/C15H20FN3O3/c16-11-3-1-10(2-4-11)14(20)18-7-8-19-15(21)13-6-5-12(9-17)22-13/h1-4,12-13H,5-9,17H2,(H,18,20)(H,19,21)/t12-,13+/m1/s1. The number of ether oxygens (including phenoxy) is 1. The molecule has 1 aliphatic rings. The molecule has 1 aliphatic heterocycles. The summed E-state index contributed by atoms with van der Waals surface area (Å²) >= 11 is 0. The van der Waals surface area contributed by atoms with Gasteiger partial charge in [0.05, 0.1) is 6.10 Å². The van der Waals surface area contributed by atoms with Crippen LogP contribution in [0.5, 0.6) is 0 Å². The van der Waals surface area contributed by atoms with Crippen LogP contribution in [0.1, 0.15) is 23.2 Å². The second-order valence-corrected chi connectivity index (χ2v) is 5.11. The van der Waals surface area contributed by atoms with Gasteiger partial charge in [0.2, 0.25) is 5.91 Å². The Morgan fingerprint density at radius 1 is 1.18 bits per heavy atom. The van der Waals surface area contributed by atoms with E-state index in [1.165, 1.54) is 24.3 Å². The van der Waals surface area contributed by atoms with E-state index in [4.69, 9.17) is 10.5 Å². The molecule has 0 bridgehead atoms.